The molecule has 25 heavy (non-hydrogen) atoms. The van der Waals surface area contributed by atoms with Crippen LogP contribution in [0.3, 0.4) is 0 Å². The van der Waals surface area contributed by atoms with Gasteiger partial charge in [-0.15, -0.1) is 11.3 Å². The van der Waals surface area contributed by atoms with E-state index in [4.69, 9.17) is 9.84 Å². The first-order valence-electron chi connectivity index (χ1n) is 7.42. The molecule has 0 bridgehead atoms. The van der Waals surface area contributed by atoms with Gasteiger partial charge >= 0.3 is 5.97 Å². The standard InChI is InChI=1S/C18H16N2O4S/c1-10-7-11(3-6-16(10)24-2)14-9-25-18(20-14)19-12-4-5-15(21)13(8-12)17(22)23/h3-9,21H,1-2H3,(H,19,20)(H,22,23). The Balaban J connectivity index is 1.84. The third kappa shape index (κ3) is 3.56. The van der Waals surface area contributed by atoms with Crippen LogP contribution in [0.25, 0.3) is 11.3 Å². The molecule has 0 unspecified atom stereocenters. The summed E-state index contributed by atoms with van der Waals surface area (Å²) in [4.78, 5) is 15.6. The summed E-state index contributed by atoms with van der Waals surface area (Å²) in [5.74, 6) is -0.635. The van der Waals surface area contributed by atoms with Gasteiger partial charge in [-0.05, 0) is 48.9 Å². The number of hydrogen-bond acceptors (Lipinski definition) is 6. The molecule has 0 aliphatic rings. The molecule has 2 aromatic carbocycles. The number of aromatic nitrogens is 1. The third-order valence-corrected chi connectivity index (χ3v) is 4.43. The van der Waals surface area contributed by atoms with Crippen LogP contribution >= 0.6 is 11.3 Å². The Kier molecular flexibility index (Phi) is 4.58. The molecular formula is C18H16N2O4S. The first kappa shape index (κ1) is 16.8. The molecule has 0 spiro atoms. The highest BCUT2D eigenvalue weighted by Crippen LogP contribution is 2.31. The number of benzene rings is 2. The maximum atomic E-state index is 11.1. The Morgan fingerprint density at radius 1 is 1.24 bits per heavy atom. The lowest BCUT2D eigenvalue weighted by atomic mass is 10.1. The smallest absolute Gasteiger partial charge is 0.339 e. The normalized spacial score (nSPS) is 10.5. The molecule has 0 amide bonds. The molecule has 1 heterocycles. The van der Waals surface area contributed by atoms with Crippen molar-refractivity contribution >= 4 is 28.1 Å². The number of carboxylic acids is 1. The molecule has 3 rings (SSSR count). The number of carboxylic acid groups (broad SMARTS) is 1. The van der Waals surface area contributed by atoms with Crippen LogP contribution in [0, 0.1) is 6.92 Å². The van der Waals surface area contributed by atoms with E-state index in [1.165, 1.54) is 23.5 Å². The lowest BCUT2D eigenvalue weighted by Crippen LogP contribution is -1.98. The number of ether oxygens (including phenoxy) is 1. The number of rotatable bonds is 5. The highest BCUT2D eigenvalue weighted by Gasteiger charge is 2.12. The summed E-state index contributed by atoms with van der Waals surface area (Å²) in [5.41, 5.74) is 3.19. The van der Waals surface area contributed by atoms with E-state index in [0.29, 0.717) is 10.8 Å². The molecule has 0 radical (unpaired) electrons. The number of thiazole rings is 1. The maximum Gasteiger partial charge on any atom is 0.339 e. The highest BCUT2D eigenvalue weighted by atomic mass is 32.1. The van der Waals surface area contributed by atoms with Gasteiger partial charge in [-0.25, -0.2) is 9.78 Å². The largest absolute Gasteiger partial charge is 0.507 e. The molecule has 0 aliphatic carbocycles. The van der Waals surface area contributed by atoms with Crippen molar-refractivity contribution in [1.29, 1.82) is 0 Å². The van der Waals surface area contributed by atoms with Crippen LogP contribution < -0.4 is 10.1 Å². The number of anilines is 2. The van der Waals surface area contributed by atoms with Crippen molar-refractivity contribution in [3.63, 3.8) is 0 Å². The minimum absolute atomic E-state index is 0.160. The zero-order valence-corrected chi connectivity index (χ0v) is 14.4. The summed E-state index contributed by atoms with van der Waals surface area (Å²) < 4.78 is 5.26. The van der Waals surface area contributed by atoms with Crippen molar-refractivity contribution in [2.45, 2.75) is 6.92 Å². The van der Waals surface area contributed by atoms with E-state index < -0.39 is 5.97 Å². The van der Waals surface area contributed by atoms with E-state index in [1.54, 1.807) is 13.2 Å². The summed E-state index contributed by atoms with van der Waals surface area (Å²) in [6, 6.07) is 10.1. The van der Waals surface area contributed by atoms with Crippen LogP contribution in [0.15, 0.2) is 41.8 Å². The number of nitrogens with one attached hydrogen (secondary N) is 1. The summed E-state index contributed by atoms with van der Waals surface area (Å²) in [5, 5.41) is 24.2. The van der Waals surface area contributed by atoms with Crippen LogP contribution in [-0.4, -0.2) is 28.3 Å². The second-order valence-electron chi connectivity index (χ2n) is 5.38. The second-order valence-corrected chi connectivity index (χ2v) is 6.24. The van der Waals surface area contributed by atoms with Gasteiger partial charge in [0.15, 0.2) is 5.13 Å². The molecule has 7 heteroatoms. The van der Waals surface area contributed by atoms with Crippen molar-refractivity contribution in [2.75, 3.05) is 12.4 Å². The van der Waals surface area contributed by atoms with Gasteiger partial charge in [-0.3, -0.25) is 0 Å². The number of phenols is 1. The van der Waals surface area contributed by atoms with E-state index >= 15 is 0 Å². The summed E-state index contributed by atoms with van der Waals surface area (Å²) >= 11 is 1.41. The van der Waals surface area contributed by atoms with Crippen molar-refractivity contribution in [2.24, 2.45) is 0 Å². The van der Waals surface area contributed by atoms with Crippen LogP contribution in [0.2, 0.25) is 0 Å². The van der Waals surface area contributed by atoms with Gasteiger partial charge in [0.05, 0.1) is 12.8 Å². The Morgan fingerprint density at radius 2 is 2.04 bits per heavy atom. The zero-order valence-electron chi connectivity index (χ0n) is 13.6. The zero-order chi connectivity index (χ0) is 18.0. The first-order chi connectivity index (χ1) is 12.0. The van der Waals surface area contributed by atoms with E-state index in [2.05, 4.69) is 10.3 Å². The number of aromatic carboxylic acids is 1. The van der Waals surface area contributed by atoms with Crippen LogP contribution in [-0.2, 0) is 0 Å². The summed E-state index contributed by atoms with van der Waals surface area (Å²) in [7, 11) is 1.63. The summed E-state index contributed by atoms with van der Waals surface area (Å²) in [6.45, 7) is 1.97. The number of hydrogen-bond donors (Lipinski definition) is 3. The molecule has 0 saturated heterocycles. The van der Waals surface area contributed by atoms with Gasteiger partial charge in [-0.1, -0.05) is 0 Å². The molecule has 3 N–H and O–H groups in total. The van der Waals surface area contributed by atoms with E-state index in [1.807, 2.05) is 30.5 Å². The Bertz CT molecular complexity index is 937. The monoisotopic (exact) mass is 356 g/mol. The topological polar surface area (TPSA) is 91.7 Å². The van der Waals surface area contributed by atoms with Gasteiger partial charge in [0, 0.05) is 16.6 Å². The number of nitrogens with zero attached hydrogens (tertiary/aromatic N) is 1. The maximum absolute atomic E-state index is 11.1. The Morgan fingerprint density at radius 3 is 2.72 bits per heavy atom. The van der Waals surface area contributed by atoms with Gasteiger partial charge in [0.2, 0.25) is 0 Å². The third-order valence-electron chi connectivity index (χ3n) is 3.67. The van der Waals surface area contributed by atoms with Crippen molar-refractivity contribution in [3.8, 4) is 22.8 Å². The molecule has 128 valence electrons. The number of methoxy groups -OCH3 is 1. The molecule has 0 aliphatic heterocycles. The van der Waals surface area contributed by atoms with Gasteiger partial charge in [0.25, 0.3) is 0 Å². The fraction of sp³-hybridized carbons (Fsp3) is 0.111. The average molecular weight is 356 g/mol. The molecule has 3 aromatic rings. The molecule has 0 atom stereocenters. The predicted octanol–water partition coefficient (Wildman–Crippen LogP) is 4.27. The van der Waals surface area contributed by atoms with Crippen LogP contribution in [0.1, 0.15) is 15.9 Å². The minimum atomic E-state index is -1.19. The lowest BCUT2D eigenvalue weighted by molar-refractivity contribution is 0.0694. The molecule has 1 aromatic heterocycles. The molecular weight excluding hydrogens is 340 g/mol. The predicted molar refractivity (Wildman–Crippen MR) is 97.2 cm³/mol. The van der Waals surface area contributed by atoms with Gasteiger partial charge in [-0.2, -0.15) is 0 Å². The van der Waals surface area contributed by atoms with E-state index in [-0.39, 0.29) is 11.3 Å². The summed E-state index contributed by atoms with van der Waals surface area (Å²) in [6.07, 6.45) is 0. The Hall–Kier alpha value is -3.06. The number of carbonyl (C=O) groups is 1. The molecule has 0 saturated carbocycles. The molecule has 6 nitrogen and oxygen atoms in total. The lowest BCUT2D eigenvalue weighted by Gasteiger charge is -2.06. The van der Waals surface area contributed by atoms with Crippen LogP contribution in [0.5, 0.6) is 11.5 Å². The second kappa shape index (κ2) is 6.82. The van der Waals surface area contributed by atoms with E-state index in [0.717, 1.165) is 22.6 Å². The highest BCUT2D eigenvalue weighted by molar-refractivity contribution is 7.14. The van der Waals surface area contributed by atoms with E-state index in [9.17, 15) is 9.90 Å². The van der Waals surface area contributed by atoms with Gasteiger partial charge < -0.3 is 20.3 Å². The Labute approximate surface area is 148 Å². The first-order valence-corrected chi connectivity index (χ1v) is 8.30. The minimum Gasteiger partial charge on any atom is -0.507 e. The fourth-order valence-corrected chi connectivity index (χ4v) is 3.15. The van der Waals surface area contributed by atoms with Crippen molar-refractivity contribution in [1.82, 2.24) is 4.98 Å². The number of aryl methyl sites for hydroxylation is 1. The fourth-order valence-electron chi connectivity index (χ4n) is 2.41. The SMILES string of the molecule is COc1ccc(-c2csc(Nc3ccc(O)c(C(=O)O)c3)n2)cc1C. The van der Waals surface area contributed by atoms with Crippen molar-refractivity contribution < 1.29 is 19.7 Å². The van der Waals surface area contributed by atoms with Crippen molar-refractivity contribution in [3.05, 3.63) is 52.9 Å². The quantitative estimate of drug-likeness (QED) is 0.591. The van der Waals surface area contributed by atoms with Gasteiger partial charge in [0.1, 0.15) is 17.1 Å². The van der Waals surface area contributed by atoms with Crippen LogP contribution in [0.4, 0.5) is 10.8 Å². The average Bonchev–Trinajstić information content (AvgIpc) is 3.04. The molecule has 0 fully saturated rings. The number of aromatic hydroxyl groups is 1.